The van der Waals surface area contributed by atoms with Crippen molar-refractivity contribution in [3.05, 3.63) is 18.0 Å². The highest BCUT2D eigenvalue weighted by Crippen LogP contribution is 1.98. The van der Waals surface area contributed by atoms with Crippen molar-refractivity contribution >= 4 is 11.8 Å². The van der Waals surface area contributed by atoms with Crippen LogP contribution in [0.25, 0.3) is 0 Å². The zero-order chi connectivity index (χ0) is 8.10. The summed E-state index contributed by atoms with van der Waals surface area (Å²) in [4.78, 5) is 0. The number of aryl methyl sites for hydroxylation is 1. The maximum atomic E-state index is 5.43. The minimum Gasteiger partial charge on any atom is -0.326 e. The molecular formula is C7H13N3S. The molecule has 0 saturated carbocycles. The average molecular weight is 171 g/mol. The van der Waals surface area contributed by atoms with Gasteiger partial charge in [0.25, 0.3) is 0 Å². The lowest BCUT2D eigenvalue weighted by molar-refractivity contribution is 0.666. The first-order valence-electron chi connectivity index (χ1n) is 3.57. The van der Waals surface area contributed by atoms with Crippen molar-refractivity contribution in [3.63, 3.8) is 0 Å². The Labute approximate surface area is 71.0 Å². The van der Waals surface area contributed by atoms with E-state index in [-0.39, 0.29) is 0 Å². The number of nitrogens with zero attached hydrogens (tertiary/aromatic N) is 2. The van der Waals surface area contributed by atoms with Crippen molar-refractivity contribution in [2.75, 3.05) is 12.0 Å². The molecule has 0 amide bonds. The fraction of sp³-hybridized carbons (Fsp3) is 0.571. The second-order valence-electron chi connectivity index (χ2n) is 2.31. The molecule has 0 aliphatic rings. The van der Waals surface area contributed by atoms with Crippen molar-refractivity contribution in [1.29, 1.82) is 0 Å². The molecule has 1 aromatic rings. The van der Waals surface area contributed by atoms with E-state index in [9.17, 15) is 0 Å². The lowest BCUT2D eigenvalue weighted by atomic mass is 10.4. The van der Waals surface area contributed by atoms with Gasteiger partial charge in [-0.3, -0.25) is 4.68 Å². The van der Waals surface area contributed by atoms with E-state index in [1.165, 1.54) is 0 Å². The van der Waals surface area contributed by atoms with Crippen molar-refractivity contribution in [1.82, 2.24) is 9.78 Å². The van der Waals surface area contributed by atoms with Gasteiger partial charge in [-0.05, 0) is 6.26 Å². The Balaban J connectivity index is 2.44. The van der Waals surface area contributed by atoms with Crippen LogP contribution >= 0.6 is 11.8 Å². The first-order chi connectivity index (χ1) is 5.36. The van der Waals surface area contributed by atoms with Gasteiger partial charge in [0.05, 0.1) is 6.20 Å². The van der Waals surface area contributed by atoms with E-state index < -0.39 is 0 Å². The lowest BCUT2D eigenvalue weighted by Gasteiger charge is -1.96. The van der Waals surface area contributed by atoms with E-state index in [1.807, 2.05) is 28.8 Å². The molecule has 11 heavy (non-hydrogen) atoms. The molecule has 0 spiro atoms. The predicted octanol–water partition coefficient (Wildman–Crippen LogP) is 0.705. The van der Waals surface area contributed by atoms with Crippen molar-refractivity contribution in [2.45, 2.75) is 13.1 Å². The van der Waals surface area contributed by atoms with Crippen molar-refractivity contribution in [3.8, 4) is 0 Å². The second-order valence-corrected chi connectivity index (χ2v) is 3.29. The summed E-state index contributed by atoms with van der Waals surface area (Å²) >= 11 is 1.82. The van der Waals surface area contributed by atoms with Crippen molar-refractivity contribution < 1.29 is 0 Å². The van der Waals surface area contributed by atoms with Gasteiger partial charge in [-0.2, -0.15) is 16.9 Å². The SMILES string of the molecule is CSCCn1cc(CN)cn1. The van der Waals surface area contributed by atoms with Gasteiger partial charge in [-0.15, -0.1) is 0 Å². The lowest BCUT2D eigenvalue weighted by Crippen LogP contribution is -2.00. The number of aromatic nitrogens is 2. The van der Waals surface area contributed by atoms with Crippen LogP contribution in [0.1, 0.15) is 5.56 Å². The standard InChI is InChI=1S/C7H13N3S/c1-11-3-2-10-6-7(4-8)5-9-10/h5-6H,2-4,8H2,1H3. The van der Waals surface area contributed by atoms with Gasteiger partial charge in [0.1, 0.15) is 0 Å². The molecule has 0 aliphatic heterocycles. The minimum atomic E-state index is 0.583. The van der Waals surface area contributed by atoms with Crippen LogP contribution in [-0.2, 0) is 13.1 Å². The number of hydrogen-bond acceptors (Lipinski definition) is 3. The summed E-state index contributed by atoms with van der Waals surface area (Å²) in [6.07, 6.45) is 5.91. The van der Waals surface area contributed by atoms with Crippen LogP contribution in [0.15, 0.2) is 12.4 Å². The summed E-state index contributed by atoms with van der Waals surface area (Å²) in [6.45, 7) is 1.56. The van der Waals surface area contributed by atoms with E-state index in [4.69, 9.17) is 5.73 Å². The predicted molar refractivity (Wildman–Crippen MR) is 48.5 cm³/mol. The van der Waals surface area contributed by atoms with E-state index >= 15 is 0 Å². The topological polar surface area (TPSA) is 43.8 Å². The molecule has 62 valence electrons. The summed E-state index contributed by atoms with van der Waals surface area (Å²) in [6, 6.07) is 0. The van der Waals surface area contributed by atoms with E-state index in [0.717, 1.165) is 17.9 Å². The van der Waals surface area contributed by atoms with E-state index in [1.54, 1.807) is 0 Å². The molecule has 2 N–H and O–H groups in total. The largest absolute Gasteiger partial charge is 0.326 e. The van der Waals surface area contributed by atoms with E-state index in [0.29, 0.717) is 6.54 Å². The number of hydrogen-bond donors (Lipinski definition) is 1. The van der Waals surface area contributed by atoms with Gasteiger partial charge in [0.15, 0.2) is 0 Å². The molecule has 0 fully saturated rings. The second kappa shape index (κ2) is 4.41. The van der Waals surface area contributed by atoms with Gasteiger partial charge in [-0.1, -0.05) is 0 Å². The van der Waals surface area contributed by atoms with Crippen LogP contribution in [0.2, 0.25) is 0 Å². The molecule has 1 heterocycles. The van der Waals surface area contributed by atoms with Crippen LogP contribution in [0, 0.1) is 0 Å². The zero-order valence-electron chi connectivity index (χ0n) is 6.66. The highest BCUT2D eigenvalue weighted by molar-refractivity contribution is 7.98. The molecule has 0 radical (unpaired) electrons. The molecule has 0 bridgehead atoms. The van der Waals surface area contributed by atoms with Gasteiger partial charge in [0.2, 0.25) is 0 Å². The minimum absolute atomic E-state index is 0.583. The Kier molecular flexibility index (Phi) is 3.45. The fourth-order valence-corrected chi connectivity index (χ4v) is 1.19. The Hall–Kier alpha value is -0.480. The molecule has 1 aromatic heterocycles. The summed E-state index contributed by atoms with van der Waals surface area (Å²) in [5.74, 6) is 1.10. The van der Waals surface area contributed by atoms with Gasteiger partial charge < -0.3 is 5.73 Å². The van der Waals surface area contributed by atoms with Crippen LogP contribution < -0.4 is 5.73 Å². The molecule has 0 atom stereocenters. The van der Waals surface area contributed by atoms with Crippen LogP contribution in [0.5, 0.6) is 0 Å². The molecule has 0 aromatic carbocycles. The van der Waals surface area contributed by atoms with Crippen LogP contribution in [0.4, 0.5) is 0 Å². The molecule has 4 heteroatoms. The summed E-state index contributed by atoms with van der Waals surface area (Å²) in [5.41, 5.74) is 6.54. The first-order valence-corrected chi connectivity index (χ1v) is 4.96. The molecular weight excluding hydrogens is 158 g/mol. The molecule has 0 saturated heterocycles. The third-order valence-corrected chi connectivity index (χ3v) is 2.04. The Bertz CT molecular complexity index is 209. The zero-order valence-corrected chi connectivity index (χ0v) is 7.47. The highest BCUT2D eigenvalue weighted by atomic mass is 32.2. The third kappa shape index (κ3) is 2.55. The smallest absolute Gasteiger partial charge is 0.0534 e. The number of thioether (sulfide) groups is 1. The maximum absolute atomic E-state index is 5.43. The monoisotopic (exact) mass is 171 g/mol. The Morgan fingerprint density at radius 1 is 1.73 bits per heavy atom. The molecule has 0 unspecified atom stereocenters. The Morgan fingerprint density at radius 2 is 2.55 bits per heavy atom. The summed E-state index contributed by atoms with van der Waals surface area (Å²) in [7, 11) is 0. The van der Waals surface area contributed by atoms with Gasteiger partial charge >= 0.3 is 0 Å². The summed E-state index contributed by atoms with van der Waals surface area (Å²) < 4.78 is 1.93. The fourth-order valence-electron chi connectivity index (χ4n) is 0.819. The molecule has 1 rings (SSSR count). The van der Waals surface area contributed by atoms with E-state index in [2.05, 4.69) is 11.4 Å². The number of nitrogens with two attached hydrogens (primary N) is 1. The molecule has 3 nitrogen and oxygen atoms in total. The Morgan fingerprint density at radius 3 is 3.09 bits per heavy atom. The van der Waals surface area contributed by atoms with Gasteiger partial charge in [0, 0.05) is 30.6 Å². The number of rotatable bonds is 4. The first kappa shape index (κ1) is 8.62. The summed E-state index contributed by atoms with van der Waals surface area (Å²) in [5, 5.41) is 4.15. The van der Waals surface area contributed by atoms with Crippen molar-refractivity contribution in [2.24, 2.45) is 5.73 Å². The quantitative estimate of drug-likeness (QED) is 0.725. The third-order valence-electron chi connectivity index (χ3n) is 1.45. The normalized spacial score (nSPS) is 10.4. The molecule has 0 aliphatic carbocycles. The maximum Gasteiger partial charge on any atom is 0.0534 e. The van der Waals surface area contributed by atoms with Crippen LogP contribution in [-0.4, -0.2) is 21.8 Å². The van der Waals surface area contributed by atoms with Gasteiger partial charge in [-0.25, -0.2) is 0 Å². The van der Waals surface area contributed by atoms with Crippen LogP contribution in [0.3, 0.4) is 0 Å². The average Bonchev–Trinajstić information content (AvgIpc) is 2.48. The highest BCUT2D eigenvalue weighted by Gasteiger charge is 1.94.